The first-order valence-electron chi connectivity index (χ1n) is 10.5. The molecule has 0 fully saturated rings. The van der Waals surface area contributed by atoms with E-state index in [1.807, 2.05) is 18.7 Å². The monoisotopic (exact) mass is 566 g/mol. The van der Waals surface area contributed by atoms with Gasteiger partial charge in [0.1, 0.15) is 11.8 Å². The zero-order chi connectivity index (χ0) is 27.3. The van der Waals surface area contributed by atoms with Gasteiger partial charge in [-0.15, -0.1) is 10.2 Å². The van der Waals surface area contributed by atoms with E-state index in [1.165, 1.54) is 24.3 Å². The molecule has 0 bridgehead atoms. The van der Waals surface area contributed by atoms with Crippen LogP contribution in [0, 0.1) is 20.2 Å². The molecule has 1 amide bonds. The topological polar surface area (TPSA) is 177 Å². The summed E-state index contributed by atoms with van der Waals surface area (Å²) in [6.45, 7) is 5.20. The Labute approximate surface area is 219 Å². The molecule has 0 saturated heterocycles. The maximum absolute atomic E-state index is 13.0. The summed E-state index contributed by atoms with van der Waals surface area (Å²) in [5.74, 6) is -0.673. The van der Waals surface area contributed by atoms with Gasteiger partial charge in [-0.1, -0.05) is 6.07 Å². The summed E-state index contributed by atoms with van der Waals surface area (Å²) in [5.41, 5.74) is 0.433. The molecule has 0 aliphatic rings. The molecule has 0 unspecified atom stereocenters. The molecule has 37 heavy (non-hydrogen) atoms. The number of thiophene rings is 1. The van der Waals surface area contributed by atoms with E-state index in [9.17, 15) is 33.4 Å². The van der Waals surface area contributed by atoms with Crippen molar-refractivity contribution in [2.45, 2.75) is 18.7 Å². The van der Waals surface area contributed by atoms with Crippen LogP contribution < -0.4 is 10.2 Å². The molecule has 0 spiro atoms. The molecular formula is C21H19ClN6O7S2. The fourth-order valence-electron chi connectivity index (χ4n) is 3.23. The molecule has 16 heteroatoms. The number of carbonyl (C=O) groups is 1. The molecule has 0 atom stereocenters. The number of anilines is 2. The minimum Gasteiger partial charge on any atom is -0.372 e. The van der Waals surface area contributed by atoms with Crippen LogP contribution in [-0.2, 0) is 9.05 Å². The quantitative estimate of drug-likeness (QED) is 0.134. The van der Waals surface area contributed by atoms with Gasteiger partial charge in [0, 0.05) is 35.0 Å². The third-order valence-corrected chi connectivity index (χ3v) is 7.35. The van der Waals surface area contributed by atoms with Crippen molar-refractivity contribution in [2.24, 2.45) is 10.2 Å². The number of rotatable bonds is 10. The molecule has 1 heterocycles. The molecule has 194 valence electrons. The lowest BCUT2D eigenvalue weighted by atomic mass is 10.2. The maximum atomic E-state index is 13.0. The number of amides is 1. The van der Waals surface area contributed by atoms with Crippen LogP contribution in [0.25, 0.3) is 0 Å². The Hall–Kier alpha value is -3.95. The van der Waals surface area contributed by atoms with E-state index in [2.05, 4.69) is 15.5 Å². The van der Waals surface area contributed by atoms with E-state index in [0.717, 1.165) is 17.8 Å². The highest BCUT2D eigenvalue weighted by Gasteiger charge is 2.25. The molecule has 0 saturated carbocycles. The number of azo groups is 1. The van der Waals surface area contributed by atoms with Gasteiger partial charge >= 0.3 is 10.7 Å². The molecule has 0 aliphatic carbocycles. The summed E-state index contributed by atoms with van der Waals surface area (Å²) in [4.78, 5) is 35.5. The Bertz CT molecular complexity index is 1500. The second-order valence-corrected chi connectivity index (χ2v) is 10.9. The molecule has 3 aromatic rings. The molecule has 1 N–H and O–H groups in total. The average Bonchev–Trinajstić information content (AvgIpc) is 3.29. The number of hydrogen-bond donors (Lipinski definition) is 1. The van der Waals surface area contributed by atoms with Gasteiger partial charge in [0.25, 0.3) is 15.0 Å². The highest BCUT2D eigenvalue weighted by Crippen LogP contribution is 2.42. The van der Waals surface area contributed by atoms with E-state index in [-0.39, 0.29) is 26.8 Å². The summed E-state index contributed by atoms with van der Waals surface area (Å²) < 4.78 is 23.3. The number of nitrogens with one attached hydrogen (secondary N) is 1. The van der Waals surface area contributed by atoms with E-state index in [1.54, 1.807) is 12.1 Å². The Kier molecular flexibility index (Phi) is 8.52. The number of nitrogens with zero attached hydrogens (tertiary/aromatic N) is 5. The Morgan fingerprint density at radius 1 is 1.05 bits per heavy atom. The fraction of sp³-hybridized carbons (Fsp3) is 0.190. The van der Waals surface area contributed by atoms with Crippen LogP contribution >= 0.6 is 22.0 Å². The smallest absolute Gasteiger partial charge is 0.333 e. The predicted octanol–water partition coefficient (Wildman–Crippen LogP) is 6.01. The Balaban J connectivity index is 2.04. The largest absolute Gasteiger partial charge is 0.372 e. The highest BCUT2D eigenvalue weighted by atomic mass is 35.7. The zero-order valence-corrected chi connectivity index (χ0v) is 21.7. The van der Waals surface area contributed by atoms with Gasteiger partial charge in [-0.25, -0.2) is 8.42 Å². The summed E-state index contributed by atoms with van der Waals surface area (Å²) >= 11 is 0.485. The van der Waals surface area contributed by atoms with Gasteiger partial charge in [0.2, 0.25) is 5.00 Å². The molecule has 1 aromatic heterocycles. The third kappa shape index (κ3) is 6.63. The summed E-state index contributed by atoms with van der Waals surface area (Å²) in [7, 11) is 1.31. The second-order valence-electron chi connectivity index (χ2n) is 7.28. The third-order valence-electron chi connectivity index (χ3n) is 5.04. The number of nitro groups is 2. The van der Waals surface area contributed by atoms with Gasteiger partial charge in [-0.2, -0.15) is 0 Å². The van der Waals surface area contributed by atoms with Crippen molar-refractivity contribution in [3.05, 3.63) is 74.3 Å². The van der Waals surface area contributed by atoms with Gasteiger partial charge in [0.15, 0.2) is 0 Å². The molecule has 2 aromatic carbocycles. The van der Waals surface area contributed by atoms with Crippen molar-refractivity contribution >= 4 is 69.7 Å². The van der Waals surface area contributed by atoms with Crippen molar-refractivity contribution in [1.29, 1.82) is 0 Å². The average molecular weight is 567 g/mol. The van der Waals surface area contributed by atoms with Gasteiger partial charge in [0.05, 0.1) is 20.4 Å². The van der Waals surface area contributed by atoms with Crippen molar-refractivity contribution in [3.63, 3.8) is 0 Å². The zero-order valence-electron chi connectivity index (χ0n) is 19.3. The number of benzene rings is 2. The van der Waals surface area contributed by atoms with Crippen LogP contribution in [-0.4, -0.2) is 37.3 Å². The molecule has 0 radical (unpaired) electrons. The van der Waals surface area contributed by atoms with E-state index in [0.29, 0.717) is 24.4 Å². The fourth-order valence-corrected chi connectivity index (χ4v) is 4.79. The number of halogens is 1. The predicted molar refractivity (Wildman–Crippen MR) is 139 cm³/mol. The molecule has 13 nitrogen and oxygen atoms in total. The highest BCUT2D eigenvalue weighted by molar-refractivity contribution is 8.13. The summed E-state index contributed by atoms with van der Waals surface area (Å²) in [5, 5.41) is 32.1. The van der Waals surface area contributed by atoms with Crippen LogP contribution in [0.3, 0.4) is 0 Å². The lowest BCUT2D eigenvalue weighted by molar-refractivity contribution is -0.389. The molecular weight excluding hydrogens is 548 g/mol. The van der Waals surface area contributed by atoms with Gasteiger partial charge in [-0.05, 0) is 61.6 Å². The molecule has 0 aliphatic heterocycles. The number of hydrogen-bond acceptors (Lipinski definition) is 11. The first-order chi connectivity index (χ1) is 17.4. The van der Waals surface area contributed by atoms with Crippen LogP contribution in [0.2, 0.25) is 0 Å². The van der Waals surface area contributed by atoms with Crippen LogP contribution in [0.15, 0.2) is 63.7 Å². The first kappa shape index (κ1) is 27.6. The SMILES string of the molecule is CCN(CC)c1ccc(/N=N/c2sc([N+](=O)[O-])cc2[N+](=O)[O-])c(NC(=O)c2cccc(S(=O)(=O)Cl)c2)c1. The second kappa shape index (κ2) is 11.4. The summed E-state index contributed by atoms with van der Waals surface area (Å²) in [6.07, 6.45) is 0. The normalized spacial score (nSPS) is 11.4. The van der Waals surface area contributed by atoms with Crippen molar-refractivity contribution in [2.75, 3.05) is 23.3 Å². The minimum atomic E-state index is -4.07. The lowest BCUT2D eigenvalue weighted by Crippen LogP contribution is -2.22. The van der Waals surface area contributed by atoms with Crippen LogP contribution in [0.1, 0.15) is 24.2 Å². The van der Waals surface area contributed by atoms with E-state index < -0.39 is 35.5 Å². The van der Waals surface area contributed by atoms with Crippen molar-refractivity contribution in [3.8, 4) is 0 Å². The van der Waals surface area contributed by atoms with E-state index >= 15 is 0 Å². The first-order valence-corrected chi connectivity index (χ1v) is 13.7. The van der Waals surface area contributed by atoms with Crippen molar-refractivity contribution < 1.29 is 23.1 Å². The standard InChI is InChI=1S/C21H19ClN6O7S2/c1-3-26(4-2)14-8-9-16(24-25-21-18(27(30)31)12-19(36-21)28(32)33)17(11-14)23-20(29)13-6-5-7-15(10-13)37(22,34)35/h5-12H,3-4H2,1-2H3,(H,23,29)/b25-24+. The van der Waals surface area contributed by atoms with E-state index in [4.69, 9.17) is 10.7 Å². The van der Waals surface area contributed by atoms with Crippen molar-refractivity contribution in [1.82, 2.24) is 0 Å². The summed E-state index contributed by atoms with van der Waals surface area (Å²) in [6, 6.07) is 10.8. The Morgan fingerprint density at radius 2 is 1.76 bits per heavy atom. The lowest BCUT2D eigenvalue weighted by Gasteiger charge is -2.22. The van der Waals surface area contributed by atoms with Gasteiger partial charge < -0.3 is 10.2 Å². The van der Waals surface area contributed by atoms with Crippen LogP contribution in [0.4, 0.5) is 32.8 Å². The Morgan fingerprint density at radius 3 is 2.35 bits per heavy atom. The van der Waals surface area contributed by atoms with Gasteiger partial charge in [-0.3, -0.25) is 25.0 Å². The number of carbonyl (C=O) groups excluding carboxylic acids is 1. The van der Waals surface area contributed by atoms with Crippen LogP contribution in [0.5, 0.6) is 0 Å². The molecule has 3 rings (SSSR count). The minimum absolute atomic E-state index is 0.00220. The maximum Gasteiger partial charge on any atom is 0.333 e.